The van der Waals surface area contributed by atoms with Crippen molar-refractivity contribution in [1.29, 1.82) is 0 Å². The zero-order chi connectivity index (χ0) is 24.3. The van der Waals surface area contributed by atoms with Gasteiger partial charge in [-0.2, -0.15) is 0 Å². The van der Waals surface area contributed by atoms with Crippen LogP contribution in [0.2, 0.25) is 0 Å². The molecule has 0 radical (unpaired) electrons. The Morgan fingerprint density at radius 2 is 1.26 bits per heavy atom. The average Bonchev–Trinajstić information content (AvgIpc) is 2.88. The van der Waals surface area contributed by atoms with Crippen molar-refractivity contribution in [3.05, 3.63) is 89.5 Å². The van der Waals surface area contributed by atoms with Crippen LogP contribution in [-0.4, -0.2) is 32.8 Å². The number of ether oxygens (including phenoxy) is 2. The fraction of sp³-hybridized carbons (Fsp3) is 0.400. The molecule has 4 nitrogen and oxygen atoms in total. The van der Waals surface area contributed by atoms with E-state index in [0.29, 0.717) is 13.2 Å². The molecule has 0 aliphatic heterocycles. The van der Waals surface area contributed by atoms with Gasteiger partial charge in [0.15, 0.2) is 0 Å². The molecule has 0 bridgehead atoms. The van der Waals surface area contributed by atoms with Gasteiger partial charge in [0.2, 0.25) is 0 Å². The van der Waals surface area contributed by atoms with Crippen molar-refractivity contribution in [2.45, 2.75) is 47.3 Å². The summed E-state index contributed by atoms with van der Waals surface area (Å²) in [5, 5.41) is 0. The summed E-state index contributed by atoms with van der Waals surface area (Å²) in [5.41, 5.74) is 5.76. The molecule has 0 N–H and O–H groups in total. The lowest BCUT2D eigenvalue weighted by atomic mass is 9.99. The summed E-state index contributed by atoms with van der Waals surface area (Å²) in [6, 6.07) is 25.7. The zero-order valence-electron chi connectivity index (χ0n) is 21.5. The predicted molar refractivity (Wildman–Crippen MR) is 144 cm³/mol. The van der Waals surface area contributed by atoms with Crippen LogP contribution in [0.3, 0.4) is 0 Å². The van der Waals surface area contributed by atoms with Crippen molar-refractivity contribution in [3.8, 4) is 5.75 Å². The van der Waals surface area contributed by atoms with Crippen LogP contribution in [0, 0.1) is 0 Å². The lowest BCUT2D eigenvalue weighted by molar-refractivity contribution is 0.0647. The molecule has 0 fully saturated rings. The Morgan fingerprint density at radius 3 is 1.85 bits per heavy atom. The fourth-order valence-corrected chi connectivity index (χ4v) is 4.37. The molecule has 3 aromatic rings. The predicted octanol–water partition coefficient (Wildman–Crippen LogP) is 7.08. The normalized spacial score (nSPS) is 11.8. The minimum absolute atomic E-state index is 0.224. The monoisotopic (exact) mass is 460 g/mol. The average molecular weight is 461 g/mol. The molecule has 0 saturated carbocycles. The van der Waals surface area contributed by atoms with Gasteiger partial charge in [0.05, 0.1) is 13.2 Å². The molecule has 34 heavy (non-hydrogen) atoms. The van der Waals surface area contributed by atoms with Crippen LogP contribution in [0.15, 0.2) is 72.8 Å². The van der Waals surface area contributed by atoms with E-state index in [4.69, 9.17) is 9.47 Å². The third-order valence-electron chi connectivity index (χ3n) is 6.29. The quantitative estimate of drug-likeness (QED) is 0.272. The Morgan fingerprint density at radius 1 is 0.676 bits per heavy atom. The third-order valence-corrected chi connectivity index (χ3v) is 6.29. The summed E-state index contributed by atoms with van der Waals surface area (Å²) in [6.07, 6.45) is -0.224. The van der Waals surface area contributed by atoms with Crippen molar-refractivity contribution >= 4 is 11.4 Å². The highest BCUT2D eigenvalue weighted by Crippen LogP contribution is 2.37. The van der Waals surface area contributed by atoms with E-state index in [0.717, 1.165) is 48.6 Å². The number of hydrogen-bond donors (Lipinski definition) is 0. The van der Waals surface area contributed by atoms with Crippen molar-refractivity contribution in [3.63, 3.8) is 0 Å². The zero-order valence-corrected chi connectivity index (χ0v) is 21.5. The van der Waals surface area contributed by atoms with Crippen LogP contribution in [-0.2, 0) is 11.3 Å². The number of rotatable bonds is 13. The second kappa shape index (κ2) is 13.0. The maximum absolute atomic E-state index is 6.59. The Hall–Kier alpha value is -2.98. The second-order valence-corrected chi connectivity index (χ2v) is 8.27. The van der Waals surface area contributed by atoms with Crippen molar-refractivity contribution in [1.82, 2.24) is 0 Å². The van der Waals surface area contributed by atoms with Crippen LogP contribution >= 0.6 is 0 Å². The molecule has 0 aromatic heterocycles. The van der Waals surface area contributed by atoms with Crippen LogP contribution in [0.4, 0.5) is 11.4 Å². The Balaban J connectivity index is 2.00. The Bertz CT molecular complexity index is 980. The van der Waals surface area contributed by atoms with Gasteiger partial charge in [-0.25, -0.2) is 0 Å². The lowest BCUT2D eigenvalue weighted by Crippen LogP contribution is -2.22. The number of hydrogen-bond acceptors (Lipinski definition) is 4. The molecule has 4 heteroatoms. The molecule has 182 valence electrons. The maximum atomic E-state index is 6.59. The van der Waals surface area contributed by atoms with E-state index in [1.807, 2.05) is 13.0 Å². The molecule has 0 aliphatic rings. The topological polar surface area (TPSA) is 24.9 Å². The van der Waals surface area contributed by atoms with Crippen molar-refractivity contribution < 1.29 is 9.47 Å². The molecule has 0 aliphatic carbocycles. The standard InChI is InChI=1S/C30H40N2O2/c1-6-31(7-2)26-18-16-25(17-19-26)30(34-23-24-14-12-11-13-15-24)28-21-20-27(32(8-3)9-4)22-29(28)33-10-5/h11-22,30H,6-10,23H2,1-5H3. The van der Waals surface area contributed by atoms with Crippen LogP contribution in [0.5, 0.6) is 5.75 Å². The van der Waals surface area contributed by atoms with Crippen molar-refractivity contribution in [2.24, 2.45) is 0 Å². The first-order valence-electron chi connectivity index (χ1n) is 12.7. The van der Waals surface area contributed by atoms with Gasteiger partial charge >= 0.3 is 0 Å². The number of benzene rings is 3. The molecule has 1 atom stereocenters. The molecular weight excluding hydrogens is 420 g/mol. The largest absolute Gasteiger partial charge is 0.493 e. The molecule has 3 aromatic carbocycles. The molecule has 1 unspecified atom stereocenters. The molecule has 0 heterocycles. The van der Waals surface area contributed by atoms with Gasteiger partial charge < -0.3 is 19.3 Å². The van der Waals surface area contributed by atoms with E-state index >= 15 is 0 Å². The van der Waals surface area contributed by atoms with E-state index < -0.39 is 0 Å². The van der Waals surface area contributed by atoms with Crippen LogP contribution in [0.25, 0.3) is 0 Å². The highest BCUT2D eigenvalue weighted by atomic mass is 16.5. The van der Waals surface area contributed by atoms with Crippen molar-refractivity contribution in [2.75, 3.05) is 42.6 Å². The van der Waals surface area contributed by atoms with E-state index in [9.17, 15) is 0 Å². The summed E-state index contributed by atoms with van der Waals surface area (Å²) in [7, 11) is 0. The van der Waals surface area contributed by atoms with Gasteiger partial charge in [0.1, 0.15) is 11.9 Å². The van der Waals surface area contributed by atoms with Crippen LogP contribution < -0.4 is 14.5 Å². The van der Waals surface area contributed by atoms with Gasteiger partial charge in [-0.05, 0) is 63.9 Å². The Labute approximate surface area is 206 Å². The molecule has 0 amide bonds. The maximum Gasteiger partial charge on any atom is 0.127 e. The Kier molecular flexibility index (Phi) is 9.84. The van der Waals surface area contributed by atoms with Crippen LogP contribution in [0.1, 0.15) is 57.4 Å². The molecular formula is C30H40N2O2. The molecule has 0 spiro atoms. The van der Waals surface area contributed by atoms with Gasteiger partial charge in [0, 0.05) is 49.2 Å². The minimum Gasteiger partial charge on any atom is -0.493 e. The van der Waals surface area contributed by atoms with E-state index in [1.54, 1.807) is 0 Å². The molecule has 0 saturated heterocycles. The summed E-state index contributed by atoms with van der Waals surface area (Å²) in [4.78, 5) is 4.69. The van der Waals surface area contributed by atoms with E-state index in [-0.39, 0.29) is 6.10 Å². The summed E-state index contributed by atoms with van der Waals surface area (Å²) in [6.45, 7) is 15.8. The lowest BCUT2D eigenvalue weighted by Gasteiger charge is -2.26. The fourth-order valence-electron chi connectivity index (χ4n) is 4.37. The van der Waals surface area contributed by atoms with E-state index in [1.165, 1.54) is 11.4 Å². The van der Waals surface area contributed by atoms with Gasteiger partial charge in [-0.3, -0.25) is 0 Å². The highest BCUT2D eigenvalue weighted by molar-refractivity contribution is 5.56. The second-order valence-electron chi connectivity index (χ2n) is 8.27. The first-order chi connectivity index (χ1) is 16.6. The smallest absolute Gasteiger partial charge is 0.127 e. The third kappa shape index (κ3) is 6.32. The summed E-state index contributed by atoms with van der Waals surface area (Å²) in [5.74, 6) is 0.887. The van der Waals surface area contributed by atoms with E-state index in [2.05, 4.69) is 104 Å². The first kappa shape index (κ1) is 25.6. The first-order valence-corrected chi connectivity index (χ1v) is 12.7. The number of anilines is 2. The molecule has 3 rings (SSSR count). The summed E-state index contributed by atoms with van der Waals surface area (Å²) < 4.78 is 12.7. The van der Waals surface area contributed by atoms with Gasteiger partial charge in [-0.1, -0.05) is 48.5 Å². The van der Waals surface area contributed by atoms with Gasteiger partial charge in [0.25, 0.3) is 0 Å². The SMILES string of the molecule is CCOc1cc(N(CC)CC)ccc1C(OCc1ccccc1)c1ccc(N(CC)CC)cc1. The minimum atomic E-state index is -0.224. The number of nitrogens with zero attached hydrogens (tertiary/aromatic N) is 2. The van der Waals surface area contributed by atoms with Gasteiger partial charge in [-0.15, -0.1) is 0 Å². The summed E-state index contributed by atoms with van der Waals surface area (Å²) >= 11 is 0. The highest BCUT2D eigenvalue weighted by Gasteiger charge is 2.21.